The molecule has 3 aromatic rings. The summed E-state index contributed by atoms with van der Waals surface area (Å²) in [4.78, 5) is 17.1. The second kappa shape index (κ2) is 6.79. The Hall–Kier alpha value is -2.40. The Morgan fingerprint density at radius 3 is 2.70 bits per heavy atom. The van der Waals surface area contributed by atoms with E-state index in [2.05, 4.69) is 4.99 Å². The van der Waals surface area contributed by atoms with Gasteiger partial charge in [-0.1, -0.05) is 47.7 Å². The number of ether oxygens (including phenoxy) is 1. The second-order valence-electron chi connectivity index (χ2n) is 5.24. The minimum absolute atomic E-state index is 0.102. The molecule has 1 aromatic heterocycles. The van der Waals surface area contributed by atoms with Crippen molar-refractivity contribution in [2.45, 2.75) is 12.8 Å². The molecule has 0 aliphatic carbocycles. The largest absolute Gasteiger partial charge is 0.495 e. The monoisotopic (exact) mass is 326 g/mol. The first-order valence-electron chi connectivity index (χ1n) is 7.43. The van der Waals surface area contributed by atoms with E-state index in [0.29, 0.717) is 17.6 Å². The summed E-state index contributed by atoms with van der Waals surface area (Å²) >= 11 is 1.50. The number of benzene rings is 2. The predicted octanol–water partition coefficient (Wildman–Crippen LogP) is 3.31. The first-order chi connectivity index (χ1) is 11.2. The first-order valence-corrected chi connectivity index (χ1v) is 8.24. The van der Waals surface area contributed by atoms with Crippen LogP contribution in [0.3, 0.4) is 0 Å². The molecular formula is C18H18N2O2S. The minimum Gasteiger partial charge on any atom is -0.495 e. The number of aromatic nitrogens is 1. The van der Waals surface area contributed by atoms with Crippen molar-refractivity contribution in [3.8, 4) is 5.75 Å². The summed E-state index contributed by atoms with van der Waals surface area (Å²) in [5.41, 5.74) is 2.12. The van der Waals surface area contributed by atoms with Gasteiger partial charge in [0.05, 0.1) is 11.8 Å². The molecule has 0 spiro atoms. The van der Waals surface area contributed by atoms with Crippen LogP contribution in [-0.2, 0) is 18.3 Å². The molecular weight excluding hydrogens is 308 g/mol. The Morgan fingerprint density at radius 2 is 1.96 bits per heavy atom. The van der Waals surface area contributed by atoms with Crippen molar-refractivity contribution in [2.75, 3.05) is 7.11 Å². The van der Waals surface area contributed by atoms with E-state index in [0.717, 1.165) is 21.5 Å². The lowest BCUT2D eigenvalue weighted by atomic mass is 10.1. The van der Waals surface area contributed by atoms with E-state index in [9.17, 15) is 4.79 Å². The van der Waals surface area contributed by atoms with Gasteiger partial charge in [-0.05, 0) is 24.1 Å². The fourth-order valence-electron chi connectivity index (χ4n) is 2.50. The number of carbonyl (C=O) groups excluding carboxylic acids is 1. The molecule has 0 atom stereocenters. The molecule has 1 amide bonds. The number of hydrogen-bond donors (Lipinski definition) is 0. The van der Waals surface area contributed by atoms with Crippen molar-refractivity contribution in [1.82, 2.24) is 4.57 Å². The van der Waals surface area contributed by atoms with E-state index in [-0.39, 0.29) is 5.91 Å². The maximum absolute atomic E-state index is 12.2. The molecule has 0 aliphatic heterocycles. The van der Waals surface area contributed by atoms with Crippen molar-refractivity contribution in [3.63, 3.8) is 0 Å². The number of para-hydroxylation sites is 1. The highest BCUT2D eigenvalue weighted by Crippen LogP contribution is 2.26. The standard InChI is InChI=1S/C18H18N2O2S/c1-20-17-14(22-2)9-6-10-15(17)23-18(20)19-16(21)12-11-13-7-4-3-5-8-13/h3-10H,11-12H2,1-2H3. The van der Waals surface area contributed by atoms with Gasteiger partial charge in [0.25, 0.3) is 0 Å². The van der Waals surface area contributed by atoms with Crippen LogP contribution in [0.4, 0.5) is 0 Å². The molecule has 0 radical (unpaired) electrons. The third kappa shape index (κ3) is 3.35. The van der Waals surface area contributed by atoms with Gasteiger partial charge in [-0.25, -0.2) is 0 Å². The zero-order valence-electron chi connectivity index (χ0n) is 13.2. The third-order valence-corrected chi connectivity index (χ3v) is 4.79. The molecule has 0 N–H and O–H groups in total. The number of fused-ring (bicyclic) bond motifs is 1. The Balaban J connectivity index is 1.86. The summed E-state index contributed by atoms with van der Waals surface area (Å²) in [6.07, 6.45) is 1.12. The molecule has 0 saturated heterocycles. The fourth-order valence-corrected chi connectivity index (χ4v) is 3.55. The molecule has 0 aliphatic rings. The second-order valence-corrected chi connectivity index (χ2v) is 6.25. The summed E-state index contributed by atoms with van der Waals surface area (Å²) < 4.78 is 8.36. The van der Waals surface area contributed by atoms with Gasteiger partial charge < -0.3 is 9.30 Å². The topological polar surface area (TPSA) is 43.6 Å². The Labute approximate surface area is 138 Å². The first kappa shape index (κ1) is 15.5. The van der Waals surface area contributed by atoms with Gasteiger partial charge >= 0.3 is 0 Å². The number of rotatable bonds is 4. The highest BCUT2D eigenvalue weighted by molar-refractivity contribution is 7.16. The van der Waals surface area contributed by atoms with E-state index in [4.69, 9.17) is 4.74 Å². The zero-order valence-corrected chi connectivity index (χ0v) is 14.0. The zero-order chi connectivity index (χ0) is 16.2. The normalized spacial score (nSPS) is 11.8. The van der Waals surface area contributed by atoms with Gasteiger partial charge in [0.1, 0.15) is 11.3 Å². The lowest BCUT2D eigenvalue weighted by Crippen LogP contribution is -2.13. The number of thiazole rings is 1. The van der Waals surface area contributed by atoms with Crippen LogP contribution in [-0.4, -0.2) is 17.6 Å². The number of nitrogens with zero attached hydrogens (tertiary/aromatic N) is 2. The van der Waals surface area contributed by atoms with Gasteiger partial charge in [-0.2, -0.15) is 4.99 Å². The van der Waals surface area contributed by atoms with Crippen molar-refractivity contribution in [1.29, 1.82) is 0 Å². The molecule has 0 saturated carbocycles. The van der Waals surface area contributed by atoms with E-state index >= 15 is 0 Å². The van der Waals surface area contributed by atoms with E-state index in [1.54, 1.807) is 7.11 Å². The van der Waals surface area contributed by atoms with Crippen LogP contribution in [0.15, 0.2) is 53.5 Å². The van der Waals surface area contributed by atoms with Crippen LogP contribution in [0.1, 0.15) is 12.0 Å². The van der Waals surface area contributed by atoms with Crippen molar-refractivity contribution in [3.05, 3.63) is 58.9 Å². The van der Waals surface area contributed by atoms with Crippen molar-refractivity contribution >= 4 is 27.5 Å². The number of amides is 1. The Morgan fingerprint density at radius 1 is 1.17 bits per heavy atom. The van der Waals surface area contributed by atoms with Gasteiger partial charge in [0.2, 0.25) is 5.91 Å². The SMILES string of the molecule is COc1cccc2sc(=NC(=O)CCc3ccccc3)n(C)c12. The molecule has 2 aromatic carbocycles. The number of hydrogen-bond acceptors (Lipinski definition) is 3. The quantitative estimate of drug-likeness (QED) is 0.738. The van der Waals surface area contributed by atoms with Crippen molar-refractivity contribution < 1.29 is 9.53 Å². The highest BCUT2D eigenvalue weighted by Gasteiger charge is 2.09. The van der Waals surface area contributed by atoms with Crippen LogP contribution in [0.5, 0.6) is 5.75 Å². The Kier molecular flexibility index (Phi) is 4.57. The van der Waals surface area contributed by atoms with Crippen LogP contribution >= 0.6 is 11.3 Å². The number of aryl methyl sites for hydroxylation is 2. The average molecular weight is 326 g/mol. The van der Waals surface area contributed by atoms with Gasteiger partial charge in [0.15, 0.2) is 4.80 Å². The van der Waals surface area contributed by atoms with Crippen LogP contribution < -0.4 is 9.54 Å². The predicted molar refractivity (Wildman–Crippen MR) is 92.7 cm³/mol. The van der Waals surface area contributed by atoms with Crippen LogP contribution in [0.2, 0.25) is 0 Å². The summed E-state index contributed by atoms with van der Waals surface area (Å²) in [6, 6.07) is 15.9. The van der Waals surface area contributed by atoms with Crippen molar-refractivity contribution in [2.24, 2.45) is 12.0 Å². The summed E-state index contributed by atoms with van der Waals surface area (Å²) in [7, 11) is 3.55. The molecule has 118 valence electrons. The summed E-state index contributed by atoms with van der Waals surface area (Å²) in [6.45, 7) is 0. The fraction of sp³-hybridized carbons (Fsp3) is 0.222. The van der Waals surface area contributed by atoms with Gasteiger partial charge in [0, 0.05) is 13.5 Å². The molecule has 4 nitrogen and oxygen atoms in total. The Bertz CT molecular complexity index is 894. The van der Waals surface area contributed by atoms with Gasteiger partial charge in [-0.15, -0.1) is 0 Å². The summed E-state index contributed by atoms with van der Waals surface area (Å²) in [5.74, 6) is 0.689. The molecule has 0 fully saturated rings. The smallest absolute Gasteiger partial charge is 0.248 e. The number of carbonyl (C=O) groups is 1. The highest BCUT2D eigenvalue weighted by atomic mass is 32.1. The third-order valence-electron chi connectivity index (χ3n) is 3.70. The van der Waals surface area contributed by atoms with E-state index in [1.165, 1.54) is 11.3 Å². The lowest BCUT2D eigenvalue weighted by molar-refractivity contribution is -0.118. The molecule has 23 heavy (non-hydrogen) atoms. The lowest BCUT2D eigenvalue weighted by Gasteiger charge is -2.03. The average Bonchev–Trinajstić information content (AvgIpc) is 2.90. The maximum atomic E-state index is 12.2. The van der Waals surface area contributed by atoms with Crippen LogP contribution in [0, 0.1) is 0 Å². The molecule has 5 heteroatoms. The molecule has 0 bridgehead atoms. The van der Waals surface area contributed by atoms with Crippen LogP contribution in [0.25, 0.3) is 10.2 Å². The molecule has 0 unspecified atom stereocenters. The molecule has 1 heterocycles. The van der Waals surface area contributed by atoms with Gasteiger partial charge in [-0.3, -0.25) is 4.79 Å². The number of methoxy groups -OCH3 is 1. The minimum atomic E-state index is -0.102. The maximum Gasteiger partial charge on any atom is 0.248 e. The van der Waals surface area contributed by atoms with E-state index in [1.807, 2.05) is 60.1 Å². The summed E-state index contributed by atoms with van der Waals surface area (Å²) in [5, 5.41) is 0. The molecule has 3 rings (SSSR count). The van der Waals surface area contributed by atoms with E-state index < -0.39 is 0 Å².